The maximum absolute atomic E-state index is 12.6. The molecule has 0 radical (unpaired) electrons. The van der Waals surface area contributed by atoms with Gasteiger partial charge in [0.05, 0.1) is 23.5 Å². The van der Waals surface area contributed by atoms with E-state index in [-0.39, 0.29) is 17.5 Å². The maximum Gasteiger partial charge on any atom is 0.261 e. The van der Waals surface area contributed by atoms with Crippen molar-refractivity contribution in [2.45, 2.75) is 44.8 Å². The average Bonchev–Trinajstić information content (AvgIpc) is 3.28. The van der Waals surface area contributed by atoms with Gasteiger partial charge in [0, 0.05) is 25.0 Å². The molecule has 0 saturated heterocycles. The number of benzene rings is 1. The summed E-state index contributed by atoms with van der Waals surface area (Å²) >= 11 is 0. The molecule has 29 heavy (non-hydrogen) atoms. The van der Waals surface area contributed by atoms with E-state index >= 15 is 0 Å². The SMILES string of the molecule is CN1Cc2ccc(Nc3nn([C@H]4CCCC[C@@H]4C#N)c4cc[nH]c(=O)c34)cc2C1. The number of aromatic nitrogens is 3. The van der Waals surface area contributed by atoms with E-state index in [1.807, 2.05) is 16.8 Å². The van der Waals surface area contributed by atoms with Crippen molar-refractivity contribution in [3.8, 4) is 6.07 Å². The van der Waals surface area contributed by atoms with Crippen LogP contribution in [-0.2, 0) is 13.1 Å². The Morgan fingerprint density at radius 1 is 1.21 bits per heavy atom. The number of H-pyrrole nitrogens is 1. The normalized spacial score (nSPS) is 21.8. The topological polar surface area (TPSA) is 89.7 Å². The fourth-order valence-corrected chi connectivity index (χ4v) is 4.77. The molecule has 148 valence electrons. The largest absolute Gasteiger partial charge is 0.338 e. The van der Waals surface area contributed by atoms with Gasteiger partial charge in [-0.05, 0) is 49.2 Å². The smallest absolute Gasteiger partial charge is 0.261 e. The number of nitriles is 1. The van der Waals surface area contributed by atoms with Crippen LogP contribution in [0.1, 0.15) is 42.9 Å². The Balaban J connectivity index is 1.57. The van der Waals surface area contributed by atoms with Crippen LogP contribution >= 0.6 is 0 Å². The lowest BCUT2D eigenvalue weighted by molar-refractivity contribution is 0.277. The van der Waals surface area contributed by atoms with Gasteiger partial charge >= 0.3 is 0 Å². The summed E-state index contributed by atoms with van der Waals surface area (Å²) in [5, 5.41) is 18.3. The Kier molecular flexibility index (Phi) is 4.36. The number of anilines is 2. The second-order valence-corrected chi connectivity index (χ2v) is 8.23. The summed E-state index contributed by atoms with van der Waals surface area (Å²) in [5.41, 5.74) is 4.18. The first kappa shape index (κ1) is 18.0. The third-order valence-corrected chi connectivity index (χ3v) is 6.19. The van der Waals surface area contributed by atoms with Gasteiger partial charge in [-0.15, -0.1) is 0 Å². The predicted octanol–water partition coefficient (Wildman–Crippen LogP) is 3.67. The minimum Gasteiger partial charge on any atom is -0.338 e. The lowest BCUT2D eigenvalue weighted by atomic mass is 9.85. The van der Waals surface area contributed by atoms with Crippen LogP contribution in [-0.4, -0.2) is 26.7 Å². The molecule has 1 fully saturated rings. The maximum atomic E-state index is 12.6. The summed E-state index contributed by atoms with van der Waals surface area (Å²) in [7, 11) is 2.11. The predicted molar refractivity (Wildman–Crippen MR) is 112 cm³/mol. The molecular formula is C22H24N6O. The summed E-state index contributed by atoms with van der Waals surface area (Å²) in [6, 6.07) is 10.7. The molecular weight excluding hydrogens is 364 g/mol. The molecule has 0 unspecified atom stereocenters. The molecule has 1 aliphatic heterocycles. The molecule has 0 spiro atoms. The molecule has 2 aliphatic rings. The van der Waals surface area contributed by atoms with Gasteiger partial charge in [0.2, 0.25) is 0 Å². The van der Waals surface area contributed by atoms with Gasteiger partial charge in [0.25, 0.3) is 5.56 Å². The summed E-state index contributed by atoms with van der Waals surface area (Å²) in [5.74, 6) is 0.477. The molecule has 2 atom stereocenters. The molecule has 7 heteroatoms. The van der Waals surface area contributed by atoms with Crippen molar-refractivity contribution in [2.24, 2.45) is 5.92 Å². The van der Waals surface area contributed by atoms with E-state index in [1.165, 1.54) is 11.1 Å². The molecule has 2 aromatic heterocycles. The number of nitrogens with zero attached hydrogens (tertiary/aromatic N) is 4. The van der Waals surface area contributed by atoms with E-state index in [2.05, 4.69) is 40.5 Å². The highest BCUT2D eigenvalue weighted by Gasteiger charge is 2.30. The Bertz CT molecular complexity index is 1170. The number of pyridine rings is 1. The lowest BCUT2D eigenvalue weighted by Crippen LogP contribution is -2.23. The van der Waals surface area contributed by atoms with Crippen LogP contribution in [0.5, 0.6) is 0 Å². The van der Waals surface area contributed by atoms with Crippen molar-refractivity contribution in [1.29, 1.82) is 5.26 Å². The number of hydrogen-bond acceptors (Lipinski definition) is 5. The van der Waals surface area contributed by atoms with Gasteiger partial charge < -0.3 is 10.3 Å². The highest BCUT2D eigenvalue weighted by Crippen LogP contribution is 2.36. The average molecular weight is 388 g/mol. The van der Waals surface area contributed by atoms with E-state index in [4.69, 9.17) is 5.10 Å². The van der Waals surface area contributed by atoms with Crippen LogP contribution in [0.25, 0.3) is 10.9 Å². The van der Waals surface area contributed by atoms with Gasteiger partial charge in [-0.2, -0.15) is 10.4 Å². The molecule has 0 amide bonds. The second-order valence-electron chi connectivity index (χ2n) is 8.23. The van der Waals surface area contributed by atoms with Crippen LogP contribution in [0.3, 0.4) is 0 Å². The van der Waals surface area contributed by atoms with Crippen LogP contribution in [0.15, 0.2) is 35.3 Å². The summed E-state index contributed by atoms with van der Waals surface area (Å²) in [4.78, 5) is 17.7. The zero-order valence-corrected chi connectivity index (χ0v) is 16.5. The molecule has 7 nitrogen and oxygen atoms in total. The number of aromatic amines is 1. The first-order valence-electron chi connectivity index (χ1n) is 10.2. The van der Waals surface area contributed by atoms with Crippen LogP contribution in [0.4, 0.5) is 11.5 Å². The Morgan fingerprint density at radius 2 is 2.03 bits per heavy atom. The van der Waals surface area contributed by atoms with Gasteiger partial charge in [-0.3, -0.25) is 14.4 Å². The van der Waals surface area contributed by atoms with Crippen molar-refractivity contribution in [2.75, 3.05) is 12.4 Å². The molecule has 2 N–H and O–H groups in total. The van der Waals surface area contributed by atoms with E-state index < -0.39 is 0 Å². The number of nitrogens with one attached hydrogen (secondary N) is 2. The Hall–Kier alpha value is -3.11. The van der Waals surface area contributed by atoms with Crippen molar-refractivity contribution < 1.29 is 0 Å². The zero-order chi connectivity index (χ0) is 20.0. The highest BCUT2D eigenvalue weighted by molar-refractivity contribution is 5.91. The summed E-state index contributed by atoms with van der Waals surface area (Å²) < 4.78 is 1.90. The highest BCUT2D eigenvalue weighted by atomic mass is 16.1. The van der Waals surface area contributed by atoms with Gasteiger partial charge in [-0.1, -0.05) is 18.9 Å². The Labute approximate surface area is 168 Å². The first-order valence-corrected chi connectivity index (χ1v) is 10.2. The molecule has 1 aliphatic carbocycles. The molecule has 3 aromatic rings. The van der Waals surface area contributed by atoms with Crippen LogP contribution < -0.4 is 10.9 Å². The first-order chi connectivity index (χ1) is 14.1. The number of fused-ring (bicyclic) bond motifs is 2. The molecule has 3 heterocycles. The third-order valence-electron chi connectivity index (χ3n) is 6.19. The molecule has 1 aromatic carbocycles. The summed E-state index contributed by atoms with van der Waals surface area (Å²) in [6.07, 6.45) is 5.60. The van der Waals surface area contributed by atoms with Crippen molar-refractivity contribution >= 4 is 22.4 Å². The monoisotopic (exact) mass is 388 g/mol. The lowest BCUT2D eigenvalue weighted by Gasteiger charge is -2.27. The number of hydrogen-bond donors (Lipinski definition) is 2. The van der Waals surface area contributed by atoms with E-state index in [0.717, 1.165) is 50.0 Å². The standard InChI is InChI=1S/C22H24N6O/c1-27-12-15-6-7-17(10-16(15)13-27)25-21-20-19(8-9-24-22(20)29)28(26-21)18-5-3-2-4-14(18)11-23/h6-10,14,18H,2-5,12-13H2,1H3,(H,24,29)(H,25,26)/t14-,18+/m1/s1. The third kappa shape index (κ3) is 3.10. The van der Waals surface area contributed by atoms with Gasteiger partial charge in [-0.25, -0.2) is 0 Å². The van der Waals surface area contributed by atoms with Crippen LogP contribution in [0.2, 0.25) is 0 Å². The van der Waals surface area contributed by atoms with Crippen molar-refractivity contribution in [1.82, 2.24) is 19.7 Å². The minimum atomic E-state index is -0.165. The van der Waals surface area contributed by atoms with E-state index in [0.29, 0.717) is 11.2 Å². The van der Waals surface area contributed by atoms with Crippen molar-refractivity contribution in [3.05, 3.63) is 51.9 Å². The Morgan fingerprint density at radius 3 is 2.90 bits per heavy atom. The zero-order valence-electron chi connectivity index (χ0n) is 16.5. The van der Waals surface area contributed by atoms with E-state index in [9.17, 15) is 10.1 Å². The minimum absolute atomic E-state index is 0.00210. The van der Waals surface area contributed by atoms with Gasteiger partial charge in [0.15, 0.2) is 5.82 Å². The number of rotatable bonds is 3. The van der Waals surface area contributed by atoms with E-state index in [1.54, 1.807) is 6.20 Å². The second kappa shape index (κ2) is 7.05. The van der Waals surface area contributed by atoms with Gasteiger partial charge in [0.1, 0.15) is 5.39 Å². The fourth-order valence-electron chi connectivity index (χ4n) is 4.77. The molecule has 5 rings (SSSR count). The fraction of sp³-hybridized carbons (Fsp3) is 0.409. The van der Waals surface area contributed by atoms with Crippen molar-refractivity contribution in [3.63, 3.8) is 0 Å². The quantitative estimate of drug-likeness (QED) is 0.715. The molecule has 0 bridgehead atoms. The molecule has 1 saturated carbocycles. The van der Waals surface area contributed by atoms with Crippen LogP contribution in [0, 0.1) is 17.2 Å². The summed E-state index contributed by atoms with van der Waals surface area (Å²) in [6.45, 7) is 1.89.